The highest BCUT2D eigenvalue weighted by molar-refractivity contribution is 5.85. The Balaban J connectivity index is 0.00000180. The van der Waals surface area contributed by atoms with Crippen LogP contribution in [0, 0.1) is 0 Å². The highest BCUT2D eigenvalue weighted by atomic mass is 35.5. The molecule has 0 bridgehead atoms. The number of carbonyl (C=O) groups excluding carboxylic acids is 1. The fourth-order valence-electron chi connectivity index (χ4n) is 2.58. The molecule has 1 N–H and O–H groups in total. The first-order valence-electron chi connectivity index (χ1n) is 6.22. The third-order valence-electron chi connectivity index (χ3n) is 3.32. The van der Waals surface area contributed by atoms with E-state index in [4.69, 9.17) is 4.74 Å². The van der Waals surface area contributed by atoms with Crippen molar-refractivity contribution in [2.75, 3.05) is 19.6 Å². The maximum absolute atomic E-state index is 13.2. The van der Waals surface area contributed by atoms with Crippen molar-refractivity contribution >= 4 is 18.5 Å². The zero-order valence-electron chi connectivity index (χ0n) is 11.5. The van der Waals surface area contributed by atoms with Gasteiger partial charge in [0.15, 0.2) is 0 Å². The highest BCUT2D eigenvalue weighted by Gasteiger charge is 2.53. The lowest BCUT2D eigenvalue weighted by Crippen LogP contribution is -2.44. The molecular weight excluding hydrogens is 278 g/mol. The number of ether oxygens (including phenoxy) is 1. The number of alkyl halides is 2. The van der Waals surface area contributed by atoms with Crippen LogP contribution >= 0.6 is 12.4 Å². The van der Waals surface area contributed by atoms with Gasteiger partial charge in [-0.2, -0.15) is 0 Å². The maximum Gasteiger partial charge on any atom is 0.410 e. The second kappa shape index (κ2) is 5.05. The molecule has 2 saturated heterocycles. The minimum absolute atomic E-state index is 0. The predicted octanol–water partition coefficient (Wildman–Crippen LogP) is 2.42. The molecule has 7 heteroatoms. The van der Waals surface area contributed by atoms with Gasteiger partial charge < -0.3 is 15.0 Å². The van der Waals surface area contributed by atoms with Crippen LogP contribution in [-0.2, 0) is 4.74 Å². The largest absolute Gasteiger partial charge is 0.444 e. The second-order valence-electron chi connectivity index (χ2n) is 6.32. The van der Waals surface area contributed by atoms with Crippen LogP contribution in [0.5, 0.6) is 0 Å². The van der Waals surface area contributed by atoms with Gasteiger partial charge in [0.1, 0.15) is 5.60 Å². The highest BCUT2D eigenvalue weighted by Crippen LogP contribution is 2.38. The molecule has 2 aliphatic rings. The number of nitrogens with zero attached hydrogens (tertiary/aromatic N) is 1. The zero-order chi connectivity index (χ0) is 13.6. The van der Waals surface area contributed by atoms with E-state index in [1.54, 1.807) is 20.8 Å². The van der Waals surface area contributed by atoms with Crippen LogP contribution in [0.4, 0.5) is 13.6 Å². The first-order chi connectivity index (χ1) is 8.11. The molecule has 112 valence electrons. The van der Waals surface area contributed by atoms with Gasteiger partial charge in [0, 0.05) is 25.0 Å². The summed E-state index contributed by atoms with van der Waals surface area (Å²) in [5, 5.41) is 2.87. The third kappa shape index (κ3) is 3.92. The maximum atomic E-state index is 13.2. The van der Waals surface area contributed by atoms with Gasteiger partial charge in [-0.15, -0.1) is 12.4 Å². The van der Waals surface area contributed by atoms with Crippen LogP contribution < -0.4 is 5.32 Å². The number of amides is 1. The normalized spacial score (nSPS) is 29.4. The molecule has 1 unspecified atom stereocenters. The summed E-state index contributed by atoms with van der Waals surface area (Å²) in [5.74, 6) is -2.66. The van der Waals surface area contributed by atoms with Gasteiger partial charge in [0.25, 0.3) is 5.92 Å². The summed E-state index contributed by atoms with van der Waals surface area (Å²) in [4.78, 5) is 13.4. The Labute approximate surface area is 118 Å². The van der Waals surface area contributed by atoms with E-state index in [0.717, 1.165) is 0 Å². The molecule has 2 heterocycles. The SMILES string of the molecule is CC(C)(C)OC(=O)N1CCC2(C1)CC(F)(F)CN2.Cl. The second-order valence-corrected chi connectivity index (χ2v) is 6.32. The van der Waals surface area contributed by atoms with E-state index in [9.17, 15) is 13.6 Å². The molecule has 19 heavy (non-hydrogen) atoms. The Hall–Kier alpha value is -0.620. The molecule has 4 nitrogen and oxygen atoms in total. The minimum Gasteiger partial charge on any atom is -0.444 e. The van der Waals surface area contributed by atoms with Crippen LogP contribution in [-0.4, -0.2) is 47.7 Å². The molecule has 2 aliphatic heterocycles. The first-order valence-corrected chi connectivity index (χ1v) is 6.22. The first kappa shape index (κ1) is 16.4. The summed E-state index contributed by atoms with van der Waals surface area (Å²) in [5.41, 5.74) is -1.18. The van der Waals surface area contributed by atoms with Crippen LogP contribution in [0.15, 0.2) is 0 Å². The van der Waals surface area contributed by atoms with Gasteiger partial charge in [-0.1, -0.05) is 0 Å². The standard InChI is InChI=1S/C12H20F2N2O2.ClH/c1-10(2,3)18-9(17)16-5-4-11(8-16)6-12(13,14)7-15-11;/h15H,4-8H2,1-3H3;1H. The summed E-state index contributed by atoms with van der Waals surface area (Å²) in [6.07, 6.45) is -0.0578. The molecule has 0 aromatic rings. The van der Waals surface area contributed by atoms with Crippen molar-refractivity contribution in [2.45, 2.75) is 50.7 Å². The number of carbonyl (C=O) groups is 1. The smallest absolute Gasteiger partial charge is 0.410 e. The Morgan fingerprint density at radius 3 is 2.47 bits per heavy atom. The van der Waals surface area contributed by atoms with Crippen molar-refractivity contribution in [2.24, 2.45) is 0 Å². The number of nitrogens with one attached hydrogen (secondary N) is 1. The topological polar surface area (TPSA) is 41.6 Å². The molecule has 1 amide bonds. The van der Waals surface area contributed by atoms with Crippen LogP contribution in [0.25, 0.3) is 0 Å². The molecule has 2 rings (SSSR count). The molecule has 0 saturated carbocycles. The van der Waals surface area contributed by atoms with Gasteiger partial charge in [-0.3, -0.25) is 0 Å². The average Bonchev–Trinajstić information content (AvgIpc) is 2.69. The van der Waals surface area contributed by atoms with E-state index in [1.165, 1.54) is 4.90 Å². The lowest BCUT2D eigenvalue weighted by Gasteiger charge is -2.26. The van der Waals surface area contributed by atoms with Gasteiger partial charge >= 0.3 is 6.09 Å². The van der Waals surface area contributed by atoms with Crippen LogP contribution in [0.1, 0.15) is 33.6 Å². The molecule has 0 aromatic heterocycles. The van der Waals surface area contributed by atoms with Crippen molar-refractivity contribution in [3.63, 3.8) is 0 Å². The fourth-order valence-corrected chi connectivity index (χ4v) is 2.58. The molecule has 1 spiro atoms. The average molecular weight is 299 g/mol. The third-order valence-corrected chi connectivity index (χ3v) is 3.32. The molecule has 2 fully saturated rings. The van der Waals surface area contributed by atoms with Gasteiger partial charge in [-0.05, 0) is 27.2 Å². The molecule has 0 aromatic carbocycles. The van der Waals surface area contributed by atoms with Crippen molar-refractivity contribution in [3.8, 4) is 0 Å². The lowest BCUT2D eigenvalue weighted by molar-refractivity contribution is 0.0136. The molecular formula is C12H21ClF2N2O2. The van der Waals surface area contributed by atoms with Crippen molar-refractivity contribution in [1.29, 1.82) is 0 Å². The Morgan fingerprint density at radius 1 is 1.37 bits per heavy atom. The Morgan fingerprint density at radius 2 is 2.00 bits per heavy atom. The number of halogens is 3. The lowest BCUT2D eigenvalue weighted by atomic mass is 9.96. The predicted molar refractivity (Wildman–Crippen MR) is 70.0 cm³/mol. The number of hydrogen-bond acceptors (Lipinski definition) is 3. The van der Waals surface area contributed by atoms with Crippen molar-refractivity contribution < 1.29 is 18.3 Å². The summed E-state index contributed by atoms with van der Waals surface area (Å²) in [6.45, 7) is 5.85. The number of likely N-dealkylation sites (tertiary alicyclic amines) is 1. The quantitative estimate of drug-likeness (QED) is 0.747. The van der Waals surface area contributed by atoms with E-state index in [0.29, 0.717) is 19.5 Å². The summed E-state index contributed by atoms with van der Waals surface area (Å²) < 4.78 is 31.7. The monoisotopic (exact) mass is 298 g/mol. The summed E-state index contributed by atoms with van der Waals surface area (Å²) >= 11 is 0. The van der Waals surface area contributed by atoms with E-state index in [2.05, 4.69) is 5.32 Å². The van der Waals surface area contributed by atoms with Crippen LogP contribution in [0.3, 0.4) is 0 Å². The van der Waals surface area contributed by atoms with Crippen molar-refractivity contribution in [3.05, 3.63) is 0 Å². The minimum atomic E-state index is -2.66. The number of hydrogen-bond donors (Lipinski definition) is 1. The summed E-state index contributed by atoms with van der Waals surface area (Å²) in [7, 11) is 0. The van der Waals surface area contributed by atoms with E-state index < -0.39 is 23.2 Å². The van der Waals surface area contributed by atoms with E-state index in [-0.39, 0.29) is 25.4 Å². The Kier molecular flexibility index (Phi) is 4.37. The van der Waals surface area contributed by atoms with Gasteiger partial charge in [-0.25, -0.2) is 13.6 Å². The van der Waals surface area contributed by atoms with E-state index >= 15 is 0 Å². The zero-order valence-corrected chi connectivity index (χ0v) is 12.3. The Bertz CT molecular complexity index is 360. The van der Waals surface area contributed by atoms with Gasteiger partial charge in [0.05, 0.1) is 6.54 Å². The molecule has 0 aliphatic carbocycles. The summed E-state index contributed by atoms with van der Waals surface area (Å²) in [6, 6.07) is 0. The fraction of sp³-hybridized carbons (Fsp3) is 0.917. The molecule has 1 atom stereocenters. The molecule has 0 radical (unpaired) electrons. The van der Waals surface area contributed by atoms with Crippen molar-refractivity contribution in [1.82, 2.24) is 10.2 Å². The van der Waals surface area contributed by atoms with Crippen LogP contribution in [0.2, 0.25) is 0 Å². The number of rotatable bonds is 0. The van der Waals surface area contributed by atoms with E-state index in [1.807, 2.05) is 0 Å². The van der Waals surface area contributed by atoms with Gasteiger partial charge in [0.2, 0.25) is 0 Å².